The fraction of sp³-hybridized carbons (Fsp3) is 0.571. The standard InChI is InChI=1S/C14H20N2O4/c1-15-14-11(5-4-7-13(14)16(17)18)9-19-10-12-6-2-3-8-20-12/h4-5,7,12,15H,2-3,6,8-10H2,1H3. The zero-order valence-electron chi connectivity index (χ0n) is 11.6. The van der Waals surface area contributed by atoms with Crippen molar-refractivity contribution in [2.75, 3.05) is 25.6 Å². The van der Waals surface area contributed by atoms with Gasteiger partial charge in [0, 0.05) is 25.3 Å². The molecule has 0 bridgehead atoms. The molecule has 0 radical (unpaired) electrons. The highest BCUT2D eigenvalue weighted by Crippen LogP contribution is 2.28. The number of para-hydroxylation sites is 1. The number of nitrogens with zero attached hydrogens (tertiary/aromatic N) is 1. The first-order chi connectivity index (χ1) is 9.72. The Labute approximate surface area is 118 Å². The van der Waals surface area contributed by atoms with Crippen LogP contribution in [0.15, 0.2) is 18.2 Å². The molecule has 1 fully saturated rings. The summed E-state index contributed by atoms with van der Waals surface area (Å²) in [5.41, 5.74) is 1.38. The molecule has 0 saturated carbocycles. The number of anilines is 1. The van der Waals surface area contributed by atoms with Crippen molar-refractivity contribution in [3.63, 3.8) is 0 Å². The van der Waals surface area contributed by atoms with Gasteiger partial charge in [-0.2, -0.15) is 0 Å². The fourth-order valence-corrected chi connectivity index (χ4v) is 2.39. The Morgan fingerprint density at radius 2 is 2.35 bits per heavy atom. The van der Waals surface area contributed by atoms with Crippen molar-refractivity contribution in [1.29, 1.82) is 0 Å². The third-order valence-electron chi connectivity index (χ3n) is 3.41. The van der Waals surface area contributed by atoms with Gasteiger partial charge in [0.05, 0.1) is 24.2 Å². The summed E-state index contributed by atoms with van der Waals surface area (Å²) in [5.74, 6) is 0. The van der Waals surface area contributed by atoms with Gasteiger partial charge in [-0.25, -0.2) is 0 Å². The molecule has 0 aliphatic carbocycles. The predicted octanol–water partition coefficient (Wildman–Crippen LogP) is 2.72. The molecule has 6 nitrogen and oxygen atoms in total. The largest absolute Gasteiger partial charge is 0.382 e. The van der Waals surface area contributed by atoms with Crippen LogP contribution in [0.2, 0.25) is 0 Å². The maximum atomic E-state index is 11.0. The van der Waals surface area contributed by atoms with E-state index in [0.717, 1.165) is 25.0 Å². The zero-order chi connectivity index (χ0) is 14.4. The Balaban J connectivity index is 1.94. The highest BCUT2D eigenvalue weighted by molar-refractivity contribution is 5.65. The summed E-state index contributed by atoms with van der Waals surface area (Å²) in [7, 11) is 1.68. The molecule has 0 amide bonds. The maximum Gasteiger partial charge on any atom is 0.292 e. The second kappa shape index (κ2) is 7.21. The molecule has 1 aromatic rings. The van der Waals surface area contributed by atoms with Crippen molar-refractivity contribution in [1.82, 2.24) is 0 Å². The van der Waals surface area contributed by atoms with Crippen LogP contribution in [-0.4, -0.2) is 31.3 Å². The third kappa shape index (κ3) is 3.68. The number of nitro benzene ring substituents is 1. The Hall–Kier alpha value is -1.66. The summed E-state index contributed by atoms with van der Waals surface area (Å²) in [6.07, 6.45) is 3.46. The first-order valence-corrected chi connectivity index (χ1v) is 6.85. The molecule has 1 unspecified atom stereocenters. The molecule has 2 rings (SSSR count). The highest BCUT2D eigenvalue weighted by atomic mass is 16.6. The molecule has 110 valence electrons. The van der Waals surface area contributed by atoms with Crippen LogP contribution < -0.4 is 5.32 Å². The minimum Gasteiger partial charge on any atom is -0.382 e. The van der Waals surface area contributed by atoms with Crippen molar-refractivity contribution in [3.05, 3.63) is 33.9 Å². The molecule has 1 saturated heterocycles. The second-order valence-corrected chi connectivity index (χ2v) is 4.82. The Bertz CT molecular complexity index is 458. The van der Waals surface area contributed by atoms with Crippen LogP contribution in [0.25, 0.3) is 0 Å². The van der Waals surface area contributed by atoms with E-state index in [-0.39, 0.29) is 16.7 Å². The van der Waals surface area contributed by atoms with Crippen LogP contribution in [0.1, 0.15) is 24.8 Å². The van der Waals surface area contributed by atoms with E-state index < -0.39 is 0 Å². The minimum atomic E-state index is -0.389. The topological polar surface area (TPSA) is 73.6 Å². The molecule has 1 aliphatic heterocycles. The van der Waals surface area contributed by atoms with Gasteiger partial charge in [0.2, 0.25) is 0 Å². The monoisotopic (exact) mass is 280 g/mol. The molecular formula is C14H20N2O4. The lowest BCUT2D eigenvalue weighted by atomic mass is 10.1. The first kappa shape index (κ1) is 14.7. The van der Waals surface area contributed by atoms with Crippen LogP contribution >= 0.6 is 0 Å². The van der Waals surface area contributed by atoms with Gasteiger partial charge in [-0.05, 0) is 19.3 Å². The van der Waals surface area contributed by atoms with Gasteiger partial charge in [0.25, 0.3) is 5.69 Å². The number of hydrogen-bond acceptors (Lipinski definition) is 5. The minimum absolute atomic E-state index is 0.0718. The van der Waals surface area contributed by atoms with E-state index in [0.29, 0.717) is 18.9 Å². The van der Waals surface area contributed by atoms with Gasteiger partial charge < -0.3 is 14.8 Å². The van der Waals surface area contributed by atoms with E-state index in [9.17, 15) is 10.1 Å². The van der Waals surface area contributed by atoms with E-state index >= 15 is 0 Å². The lowest BCUT2D eigenvalue weighted by Crippen LogP contribution is -2.24. The number of rotatable bonds is 6. The molecule has 0 aromatic heterocycles. The molecule has 1 aromatic carbocycles. The first-order valence-electron chi connectivity index (χ1n) is 6.85. The van der Waals surface area contributed by atoms with Gasteiger partial charge in [-0.1, -0.05) is 12.1 Å². The SMILES string of the molecule is CNc1c(COCC2CCCCO2)cccc1[N+](=O)[O-]. The molecule has 6 heteroatoms. The Morgan fingerprint density at radius 3 is 3.00 bits per heavy atom. The van der Waals surface area contributed by atoms with E-state index in [2.05, 4.69) is 5.32 Å². The summed E-state index contributed by atoms with van der Waals surface area (Å²) < 4.78 is 11.2. The van der Waals surface area contributed by atoms with Crippen LogP contribution in [-0.2, 0) is 16.1 Å². The van der Waals surface area contributed by atoms with Crippen LogP contribution in [0.3, 0.4) is 0 Å². The van der Waals surface area contributed by atoms with E-state index in [4.69, 9.17) is 9.47 Å². The lowest BCUT2D eigenvalue weighted by Gasteiger charge is -2.22. The molecule has 1 N–H and O–H groups in total. The Kier molecular flexibility index (Phi) is 5.31. The van der Waals surface area contributed by atoms with Crippen molar-refractivity contribution < 1.29 is 14.4 Å². The molecule has 1 heterocycles. The summed E-state index contributed by atoms with van der Waals surface area (Å²) in [6, 6.07) is 4.99. The molecular weight excluding hydrogens is 260 g/mol. The fourth-order valence-electron chi connectivity index (χ4n) is 2.39. The molecule has 20 heavy (non-hydrogen) atoms. The number of nitro groups is 1. The lowest BCUT2D eigenvalue weighted by molar-refractivity contribution is -0.384. The summed E-state index contributed by atoms with van der Waals surface area (Å²) >= 11 is 0. The van der Waals surface area contributed by atoms with Crippen molar-refractivity contribution >= 4 is 11.4 Å². The maximum absolute atomic E-state index is 11.0. The summed E-state index contributed by atoms with van der Waals surface area (Å²) in [4.78, 5) is 10.6. The van der Waals surface area contributed by atoms with Crippen molar-refractivity contribution in [2.24, 2.45) is 0 Å². The quantitative estimate of drug-likeness (QED) is 0.640. The Morgan fingerprint density at radius 1 is 1.50 bits per heavy atom. The van der Waals surface area contributed by atoms with Gasteiger partial charge in [-0.15, -0.1) is 0 Å². The highest BCUT2D eigenvalue weighted by Gasteiger charge is 2.17. The molecule has 1 atom stereocenters. The van der Waals surface area contributed by atoms with Gasteiger partial charge in [-0.3, -0.25) is 10.1 Å². The van der Waals surface area contributed by atoms with Crippen LogP contribution in [0.4, 0.5) is 11.4 Å². The second-order valence-electron chi connectivity index (χ2n) is 4.82. The number of hydrogen-bond donors (Lipinski definition) is 1. The molecule has 0 spiro atoms. The van der Waals surface area contributed by atoms with Gasteiger partial charge in [0.15, 0.2) is 0 Å². The zero-order valence-corrected chi connectivity index (χ0v) is 11.6. The summed E-state index contributed by atoms with van der Waals surface area (Å²) in [5, 5.41) is 13.8. The number of benzene rings is 1. The normalized spacial score (nSPS) is 18.8. The van der Waals surface area contributed by atoms with Crippen LogP contribution in [0, 0.1) is 10.1 Å². The number of ether oxygens (including phenoxy) is 2. The average molecular weight is 280 g/mol. The van der Waals surface area contributed by atoms with E-state index in [1.165, 1.54) is 12.5 Å². The van der Waals surface area contributed by atoms with Crippen molar-refractivity contribution in [3.8, 4) is 0 Å². The van der Waals surface area contributed by atoms with Gasteiger partial charge >= 0.3 is 0 Å². The molecule has 1 aliphatic rings. The summed E-state index contributed by atoms with van der Waals surface area (Å²) in [6.45, 7) is 1.68. The van der Waals surface area contributed by atoms with E-state index in [1.54, 1.807) is 13.1 Å². The van der Waals surface area contributed by atoms with Gasteiger partial charge in [0.1, 0.15) is 5.69 Å². The van der Waals surface area contributed by atoms with E-state index in [1.807, 2.05) is 6.07 Å². The predicted molar refractivity (Wildman–Crippen MR) is 75.9 cm³/mol. The third-order valence-corrected chi connectivity index (χ3v) is 3.41. The average Bonchev–Trinajstić information content (AvgIpc) is 2.48. The number of nitrogens with one attached hydrogen (secondary N) is 1. The van der Waals surface area contributed by atoms with Crippen LogP contribution in [0.5, 0.6) is 0 Å². The van der Waals surface area contributed by atoms with Crippen molar-refractivity contribution in [2.45, 2.75) is 32.0 Å². The smallest absolute Gasteiger partial charge is 0.292 e.